The number of pyridine rings is 1. The van der Waals surface area contributed by atoms with Gasteiger partial charge in [-0.05, 0) is 18.2 Å². The molecule has 0 spiro atoms. The molecular weight excluding hydrogens is 360 g/mol. The highest BCUT2D eigenvalue weighted by Crippen LogP contribution is 2.35. The second-order valence-corrected chi connectivity index (χ2v) is 5.83. The van der Waals surface area contributed by atoms with Crippen molar-refractivity contribution in [3.63, 3.8) is 0 Å². The Morgan fingerprint density at radius 2 is 2.00 bits per heavy atom. The van der Waals surface area contributed by atoms with Crippen molar-refractivity contribution < 1.29 is 39.1 Å². The van der Waals surface area contributed by atoms with Crippen LogP contribution in [0.2, 0.25) is 5.02 Å². The molecule has 0 bridgehead atoms. The molecule has 0 amide bonds. The molecular formula is C15H13ClFNO7. The van der Waals surface area contributed by atoms with Crippen molar-refractivity contribution in [1.29, 1.82) is 0 Å². The lowest BCUT2D eigenvalue weighted by Gasteiger charge is -2.38. The quantitative estimate of drug-likeness (QED) is 0.605. The van der Waals surface area contributed by atoms with E-state index in [0.29, 0.717) is 5.39 Å². The van der Waals surface area contributed by atoms with Crippen molar-refractivity contribution in [1.82, 2.24) is 4.98 Å². The van der Waals surface area contributed by atoms with Crippen LogP contribution in [0.5, 0.6) is 5.75 Å². The molecule has 1 aromatic carbocycles. The number of aliphatic hydroxyl groups is 3. The predicted molar refractivity (Wildman–Crippen MR) is 81.7 cm³/mol. The van der Waals surface area contributed by atoms with Crippen LogP contribution in [0.25, 0.3) is 10.9 Å². The number of nitrogens with zero attached hydrogens (tertiary/aromatic N) is 1. The monoisotopic (exact) mass is 372 g/mol. The van der Waals surface area contributed by atoms with Gasteiger partial charge in [-0.1, -0.05) is 11.6 Å². The van der Waals surface area contributed by atoms with Gasteiger partial charge in [0.25, 0.3) is 0 Å². The fourth-order valence-corrected chi connectivity index (χ4v) is 2.77. The van der Waals surface area contributed by atoms with Crippen LogP contribution in [0.1, 0.15) is 0 Å². The average Bonchev–Trinajstić information content (AvgIpc) is 2.58. The Morgan fingerprint density at radius 3 is 2.68 bits per heavy atom. The summed E-state index contributed by atoms with van der Waals surface area (Å²) in [5, 5.41) is 38.9. The lowest BCUT2D eigenvalue weighted by Crippen LogP contribution is -2.61. The highest BCUT2D eigenvalue weighted by atomic mass is 35.5. The molecule has 2 heterocycles. The lowest BCUT2D eigenvalue weighted by atomic mass is 9.99. The molecule has 8 nitrogen and oxygen atoms in total. The average molecular weight is 373 g/mol. The molecule has 0 radical (unpaired) electrons. The Balaban J connectivity index is 1.99. The van der Waals surface area contributed by atoms with E-state index in [1.54, 1.807) is 12.1 Å². The molecule has 25 heavy (non-hydrogen) atoms. The van der Waals surface area contributed by atoms with Crippen LogP contribution in [0.3, 0.4) is 0 Å². The number of hydrogen-bond acceptors (Lipinski definition) is 7. The summed E-state index contributed by atoms with van der Waals surface area (Å²) in [6.07, 6.45) is -7.81. The number of halogens is 2. The first-order valence-electron chi connectivity index (χ1n) is 7.13. The van der Waals surface area contributed by atoms with Gasteiger partial charge in [-0.15, -0.1) is 0 Å². The maximum atomic E-state index is 14.3. The molecule has 3 rings (SSSR count). The number of aliphatic carboxylic acids is 1. The van der Waals surface area contributed by atoms with Gasteiger partial charge in [-0.3, -0.25) is 4.98 Å². The summed E-state index contributed by atoms with van der Waals surface area (Å²) in [5.41, 5.74) is 0.0239. The van der Waals surface area contributed by atoms with E-state index in [4.69, 9.17) is 26.2 Å². The Hall–Kier alpha value is -2.04. The summed E-state index contributed by atoms with van der Waals surface area (Å²) in [6.45, 7) is 0. The smallest absolute Gasteiger partial charge is 0.335 e. The van der Waals surface area contributed by atoms with Gasteiger partial charge in [0, 0.05) is 11.6 Å². The Labute approximate surface area is 145 Å². The van der Waals surface area contributed by atoms with Crippen LogP contribution < -0.4 is 4.74 Å². The number of aromatic nitrogens is 1. The summed E-state index contributed by atoms with van der Waals surface area (Å²) in [7, 11) is 0. The van der Waals surface area contributed by atoms with E-state index in [9.17, 15) is 24.5 Å². The summed E-state index contributed by atoms with van der Waals surface area (Å²) >= 11 is 5.95. The maximum Gasteiger partial charge on any atom is 0.335 e. The molecule has 1 aliphatic heterocycles. The van der Waals surface area contributed by atoms with Crippen LogP contribution in [-0.4, -0.2) is 62.1 Å². The molecule has 134 valence electrons. The summed E-state index contributed by atoms with van der Waals surface area (Å²) in [5.74, 6) is -2.93. The number of ether oxygens (including phenoxy) is 2. The normalized spacial score (nSPS) is 29.6. The first kappa shape index (κ1) is 17.8. The number of carboxylic acids is 1. The minimum atomic E-state index is -1.88. The minimum absolute atomic E-state index is 0.0239. The molecule has 1 saturated heterocycles. The number of aliphatic hydroxyl groups excluding tert-OH is 3. The first-order chi connectivity index (χ1) is 11.8. The number of rotatable bonds is 3. The summed E-state index contributed by atoms with van der Waals surface area (Å²) in [6, 6.07) is 4.10. The second-order valence-electron chi connectivity index (χ2n) is 5.42. The topological polar surface area (TPSA) is 129 Å². The van der Waals surface area contributed by atoms with E-state index in [1.807, 2.05) is 0 Å². The summed E-state index contributed by atoms with van der Waals surface area (Å²) < 4.78 is 24.5. The van der Waals surface area contributed by atoms with E-state index >= 15 is 0 Å². The molecule has 5 atom stereocenters. The van der Waals surface area contributed by atoms with Crippen LogP contribution in [-0.2, 0) is 9.53 Å². The fourth-order valence-electron chi connectivity index (χ4n) is 2.52. The number of carboxylic acid groups (broad SMARTS) is 1. The zero-order valence-electron chi connectivity index (χ0n) is 12.4. The van der Waals surface area contributed by atoms with Gasteiger partial charge in [-0.2, -0.15) is 0 Å². The van der Waals surface area contributed by atoms with Crippen LogP contribution in [0.4, 0.5) is 4.39 Å². The second kappa shape index (κ2) is 6.70. The van der Waals surface area contributed by atoms with Gasteiger partial charge in [-0.25, -0.2) is 9.18 Å². The first-order valence-corrected chi connectivity index (χ1v) is 7.51. The van der Waals surface area contributed by atoms with E-state index in [0.717, 1.165) is 6.07 Å². The van der Waals surface area contributed by atoms with Gasteiger partial charge in [0.05, 0.1) is 5.02 Å². The van der Waals surface area contributed by atoms with Crippen LogP contribution >= 0.6 is 11.6 Å². The molecule has 0 aliphatic carbocycles. The van der Waals surface area contributed by atoms with Gasteiger partial charge >= 0.3 is 5.97 Å². The van der Waals surface area contributed by atoms with Crippen molar-refractivity contribution in [3.05, 3.63) is 35.2 Å². The minimum Gasteiger partial charge on any atom is -0.479 e. The number of benzene rings is 1. The third-order valence-corrected chi connectivity index (χ3v) is 4.11. The van der Waals surface area contributed by atoms with Crippen molar-refractivity contribution in [2.24, 2.45) is 0 Å². The molecule has 0 unspecified atom stereocenters. The fraction of sp³-hybridized carbons (Fsp3) is 0.333. The van der Waals surface area contributed by atoms with Crippen molar-refractivity contribution in [3.8, 4) is 5.75 Å². The lowest BCUT2D eigenvalue weighted by molar-refractivity contribution is -0.271. The highest BCUT2D eigenvalue weighted by molar-refractivity contribution is 6.35. The number of fused-ring (bicyclic) bond motifs is 1. The largest absolute Gasteiger partial charge is 0.479 e. The van der Waals surface area contributed by atoms with Crippen LogP contribution in [0.15, 0.2) is 24.4 Å². The molecule has 2 aromatic rings. The molecule has 1 fully saturated rings. The predicted octanol–water partition coefficient (Wildman–Crippen LogP) is 0.298. The Bertz CT molecular complexity index is 820. The Kier molecular flexibility index (Phi) is 4.76. The van der Waals surface area contributed by atoms with Crippen molar-refractivity contribution in [2.75, 3.05) is 0 Å². The molecule has 0 saturated carbocycles. The third kappa shape index (κ3) is 3.12. The van der Waals surface area contributed by atoms with Gasteiger partial charge in [0.15, 0.2) is 17.7 Å². The van der Waals surface area contributed by atoms with E-state index in [1.165, 1.54) is 6.20 Å². The van der Waals surface area contributed by atoms with Crippen molar-refractivity contribution >= 4 is 28.5 Å². The highest BCUT2D eigenvalue weighted by Gasteiger charge is 2.48. The SMILES string of the molecule is O=C(O)[C@H]1O[C@@H](Oc2c([18F])cc(Cl)c3cccnc23)[C@H](O)[C@@H](O)[C@@H]1O. The Morgan fingerprint density at radius 1 is 1.28 bits per heavy atom. The van der Waals surface area contributed by atoms with Crippen LogP contribution in [0, 0.1) is 5.82 Å². The zero-order valence-corrected chi connectivity index (χ0v) is 13.2. The standard InChI is InChI=1S/C15H13ClFNO7/c16-6-4-7(17)12(8-5(6)2-1-3-18-8)24-15-11(21)9(19)10(20)13(25-15)14(22)23/h1-4,9-11,13,15,19-21H,(H,22,23)/t9-,10-,11+,13-,15+/m0/s1/i17-1. The van der Waals surface area contributed by atoms with E-state index in [2.05, 4.69) is 4.98 Å². The van der Waals surface area contributed by atoms with Gasteiger partial charge < -0.3 is 29.9 Å². The number of hydrogen-bond donors (Lipinski definition) is 4. The summed E-state index contributed by atoms with van der Waals surface area (Å²) in [4.78, 5) is 15.1. The van der Waals surface area contributed by atoms with Crippen molar-refractivity contribution in [2.45, 2.75) is 30.7 Å². The molecule has 10 heteroatoms. The van der Waals surface area contributed by atoms with E-state index < -0.39 is 48.2 Å². The molecule has 4 N–H and O–H groups in total. The molecule has 1 aromatic heterocycles. The molecule has 1 aliphatic rings. The maximum absolute atomic E-state index is 14.3. The third-order valence-electron chi connectivity index (χ3n) is 3.80. The van der Waals surface area contributed by atoms with Gasteiger partial charge in [0.1, 0.15) is 23.8 Å². The van der Waals surface area contributed by atoms with Gasteiger partial charge in [0.2, 0.25) is 6.29 Å². The number of carbonyl (C=O) groups is 1. The zero-order chi connectivity index (χ0) is 18.3. The van der Waals surface area contributed by atoms with E-state index in [-0.39, 0.29) is 10.5 Å².